The maximum Gasteiger partial charge on any atom is 0.231 e. The van der Waals surface area contributed by atoms with Crippen LogP contribution >= 0.6 is 11.6 Å². The van der Waals surface area contributed by atoms with Gasteiger partial charge in [-0.2, -0.15) is 10.4 Å². The molecule has 8 nitrogen and oxygen atoms in total. The molecule has 1 aliphatic heterocycles. The van der Waals surface area contributed by atoms with Crippen molar-refractivity contribution in [3.63, 3.8) is 0 Å². The molecule has 0 aliphatic carbocycles. The third kappa shape index (κ3) is 4.09. The van der Waals surface area contributed by atoms with E-state index in [0.29, 0.717) is 40.8 Å². The largest absolute Gasteiger partial charge is 0.325 e. The number of rotatable bonds is 5. The number of anilines is 3. The van der Waals surface area contributed by atoms with Gasteiger partial charge in [0.15, 0.2) is 0 Å². The van der Waals surface area contributed by atoms with E-state index in [9.17, 15) is 10.1 Å². The van der Waals surface area contributed by atoms with Crippen LogP contribution in [0.2, 0.25) is 5.02 Å². The van der Waals surface area contributed by atoms with Gasteiger partial charge in [-0.25, -0.2) is 9.97 Å². The quantitative estimate of drug-likeness (QED) is 0.468. The summed E-state index contributed by atoms with van der Waals surface area (Å²) in [6, 6.07) is 17.0. The molecule has 0 unspecified atom stereocenters. The van der Waals surface area contributed by atoms with Crippen molar-refractivity contribution in [1.29, 1.82) is 5.26 Å². The smallest absolute Gasteiger partial charge is 0.231 e. The minimum Gasteiger partial charge on any atom is -0.325 e. The lowest BCUT2D eigenvalue weighted by atomic mass is 10.0. The third-order valence-corrected chi connectivity index (χ3v) is 6.19. The normalized spacial score (nSPS) is 12.3. The second kappa shape index (κ2) is 8.96. The number of nitriles is 1. The summed E-state index contributed by atoms with van der Waals surface area (Å²) in [4.78, 5) is 23.5. The zero-order valence-electron chi connectivity index (χ0n) is 18.4. The van der Waals surface area contributed by atoms with Crippen molar-refractivity contribution in [2.24, 2.45) is 7.05 Å². The Morgan fingerprint density at radius 3 is 2.82 bits per heavy atom. The number of halogens is 1. The molecule has 2 aromatic heterocycles. The fourth-order valence-electron chi connectivity index (χ4n) is 4.14. The molecule has 0 saturated heterocycles. The highest BCUT2D eigenvalue weighted by atomic mass is 35.5. The summed E-state index contributed by atoms with van der Waals surface area (Å²) in [6.45, 7) is 0.522. The Morgan fingerprint density at radius 1 is 1.21 bits per heavy atom. The van der Waals surface area contributed by atoms with Gasteiger partial charge in [-0.1, -0.05) is 29.8 Å². The summed E-state index contributed by atoms with van der Waals surface area (Å²) in [6.07, 6.45) is 4.02. The Labute approximate surface area is 201 Å². The fraction of sp³-hybridized carbons (Fsp3) is 0.160. The van der Waals surface area contributed by atoms with Crippen LogP contribution in [-0.2, 0) is 24.7 Å². The van der Waals surface area contributed by atoms with E-state index in [2.05, 4.69) is 26.5 Å². The van der Waals surface area contributed by atoms with Gasteiger partial charge in [-0.3, -0.25) is 9.48 Å². The molecule has 4 aromatic rings. The van der Waals surface area contributed by atoms with Crippen LogP contribution in [0.4, 0.5) is 17.3 Å². The van der Waals surface area contributed by atoms with Gasteiger partial charge < -0.3 is 10.2 Å². The first-order chi connectivity index (χ1) is 16.5. The van der Waals surface area contributed by atoms with Crippen LogP contribution in [0.5, 0.6) is 0 Å². The van der Waals surface area contributed by atoms with Gasteiger partial charge in [0.25, 0.3) is 0 Å². The number of aromatic nitrogens is 4. The summed E-state index contributed by atoms with van der Waals surface area (Å²) in [5.41, 5.74) is 4.31. The summed E-state index contributed by atoms with van der Waals surface area (Å²) in [5, 5.41) is 17.8. The van der Waals surface area contributed by atoms with Crippen molar-refractivity contribution < 1.29 is 4.79 Å². The van der Waals surface area contributed by atoms with Crippen LogP contribution in [0.25, 0.3) is 11.3 Å². The number of benzene rings is 2. The van der Waals surface area contributed by atoms with Gasteiger partial charge in [0.2, 0.25) is 5.91 Å². The van der Waals surface area contributed by atoms with Crippen LogP contribution < -0.4 is 10.2 Å². The number of nitrogens with zero attached hydrogens (tertiary/aromatic N) is 6. The molecule has 0 radical (unpaired) electrons. The van der Waals surface area contributed by atoms with Crippen LogP contribution in [0.1, 0.15) is 16.7 Å². The van der Waals surface area contributed by atoms with E-state index >= 15 is 0 Å². The number of carbonyl (C=O) groups excluding carboxylic acids is 1. The van der Waals surface area contributed by atoms with Gasteiger partial charge in [0.1, 0.15) is 24.0 Å². The number of hydrogen-bond donors (Lipinski definition) is 1. The molecule has 34 heavy (non-hydrogen) atoms. The topological polar surface area (TPSA) is 99.7 Å². The monoisotopic (exact) mass is 469 g/mol. The van der Waals surface area contributed by atoms with Gasteiger partial charge in [-0.15, -0.1) is 0 Å². The zero-order chi connectivity index (χ0) is 23.7. The molecule has 2 aromatic carbocycles. The minimum atomic E-state index is -0.0826. The lowest BCUT2D eigenvalue weighted by molar-refractivity contribution is -0.117. The second-order valence-corrected chi connectivity index (χ2v) is 8.37. The maximum atomic E-state index is 13.1. The van der Waals surface area contributed by atoms with E-state index in [1.165, 1.54) is 6.33 Å². The van der Waals surface area contributed by atoms with E-state index in [1.54, 1.807) is 27.9 Å². The highest BCUT2D eigenvalue weighted by Gasteiger charge is 2.29. The standard InChI is InChI=1S/C25H20ClN7O/c1-32-23(6-8-30-32)31-22-13-21(28-15-29-22)18-10-17-7-9-33(25(17)19(11-18)14-27)24(34)12-16-4-2-3-5-20(16)26/h2-6,8,10-11,13,15H,7,9,12H2,1H3,(H,28,29,31). The molecule has 1 aliphatic rings. The van der Waals surface area contributed by atoms with E-state index in [-0.39, 0.29) is 12.3 Å². The van der Waals surface area contributed by atoms with Gasteiger partial charge in [-0.05, 0) is 35.7 Å². The molecule has 5 rings (SSSR count). The first-order valence-electron chi connectivity index (χ1n) is 10.7. The molecule has 0 bridgehead atoms. The molecule has 9 heteroatoms. The highest BCUT2D eigenvalue weighted by molar-refractivity contribution is 6.31. The highest BCUT2D eigenvalue weighted by Crippen LogP contribution is 2.36. The minimum absolute atomic E-state index is 0.0826. The lowest BCUT2D eigenvalue weighted by Gasteiger charge is -2.19. The Morgan fingerprint density at radius 2 is 2.06 bits per heavy atom. The first kappa shape index (κ1) is 21.6. The lowest BCUT2D eigenvalue weighted by Crippen LogP contribution is -2.31. The van der Waals surface area contributed by atoms with Crippen molar-refractivity contribution in [2.75, 3.05) is 16.8 Å². The Kier molecular flexibility index (Phi) is 5.70. The molecule has 0 saturated carbocycles. The number of nitrogens with one attached hydrogen (secondary N) is 1. The fourth-order valence-corrected chi connectivity index (χ4v) is 4.34. The third-order valence-electron chi connectivity index (χ3n) is 5.82. The van der Waals surface area contributed by atoms with Crippen molar-refractivity contribution in [2.45, 2.75) is 12.8 Å². The number of amides is 1. The Hall–Kier alpha value is -4.22. The zero-order valence-corrected chi connectivity index (χ0v) is 19.1. The Bertz CT molecular complexity index is 1440. The van der Waals surface area contributed by atoms with Crippen molar-refractivity contribution in [3.8, 4) is 17.3 Å². The van der Waals surface area contributed by atoms with Crippen molar-refractivity contribution in [1.82, 2.24) is 19.7 Å². The molecule has 0 spiro atoms. The van der Waals surface area contributed by atoms with Crippen LogP contribution in [-0.4, -0.2) is 32.2 Å². The van der Waals surface area contributed by atoms with Crippen LogP contribution in [0.15, 0.2) is 61.1 Å². The SMILES string of the molecule is Cn1nccc1Nc1cc(-c2cc(C#N)c3c(c2)CCN3C(=O)Cc2ccccc2Cl)ncn1. The molecule has 0 fully saturated rings. The van der Waals surface area contributed by atoms with Gasteiger partial charge in [0, 0.05) is 36.3 Å². The molecular formula is C25H20ClN7O. The van der Waals surface area contributed by atoms with Gasteiger partial charge in [0.05, 0.1) is 29.6 Å². The average molecular weight is 470 g/mol. The molecule has 168 valence electrons. The summed E-state index contributed by atoms with van der Waals surface area (Å²) in [5.74, 6) is 1.33. The Balaban J connectivity index is 1.44. The number of aryl methyl sites for hydroxylation is 1. The van der Waals surface area contributed by atoms with E-state index in [1.807, 2.05) is 43.4 Å². The molecule has 3 heterocycles. The van der Waals surface area contributed by atoms with E-state index in [4.69, 9.17) is 11.6 Å². The predicted molar refractivity (Wildman–Crippen MR) is 130 cm³/mol. The van der Waals surface area contributed by atoms with Crippen LogP contribution in [0.3, 0.4) is 0 Å². The summed E-state index contributed by atoms with van der Waals surface area (Å²) >= 11 is 6.24. The van der Waals surface area contributed by atoms with Crippen molar-refractivity contribution >= 4 is 34.8 Å². The molecule has 1 amide bonds. The number of carbonyl (C=O) groups is 1. The molecule has 1 N–H and O–H groups in total. The van der Waals surface area contributed by atoms with Crippen LogP contribution in [0, 0.1) is 11.3 Å². The number of hydrogen-bond acceptors (Lipinski definition) is 6. The average Bonchev–Trinajstić information content (AvgIpc) is 3.46. The summed E-state index contributed by atoms with van der Waals surface area (Å²) in [7, 11) is 1.84. The molecule has 0 atom stereocenters. The van der Waals surface area contributed by atoms with E-state index < -0.39 is 0 Å². The first-order valence-corrected chi connectivity index (χ1v) is 11.1. The summed E-state index contributed by atoms with van der Waals surface area (Å²) < 4.78 is 1.71. The maximum absolute atomic E-state index is 13.1. The number of fused-ring (bicyclic) bond motifs is 1. The predicted octanol–water partition coefficient (Wildman–Crippen LogP) is 4.28. The van der Waals surface area contributed by atoms with Crippen molar-refractivity contribution in [3.05, 3.63) is 82.8 Å². The second-order valence-electron chi connectivity index (χ2n) is 7.96. The molecular weight excluding hydrogens is 450 g/mol. The van der Waals surface area contributed by atoms with E-state index in [0.717, 1.165) is 22.5 Å². The van der Waals surface area contributed by atoms with Gasteiger partial charge >= 0.3 is 0 Å².